The number of carboxylic acids is 1. The molecule has 2 atom stereocenters. The minimum atomic E-state index is -0.992. The zero-order chi connectivity index (χ0) is 13.0. The number of hydrogen-bond acceptors (Lipinski definition) is 3. The van der Waals surface area contributed by atoms with E-state index in [4.69, 9.17) is 9.84 Å². The molecule has 1 aromatic carbocycles. The summed E-state index contributed by atoms with van der Waals surface area (Å²) in [4.78, 5) is 22.2. The summed E-state index contributed by atoms with van der Waals surface area (Å²) in [5, 5.41) is 11.2. The Kier molecular flexibility index (Phi) is 3.94. The molecule has 96 valence electrons. The first kappa shape index (κ1) is 12.6. The minimum Gasteiger partial charge on any atom is -0.480 e. The molecule has 1 aromatic rings. The lowest BCUT2D eigenvalue weighted by Crippen LogP contribution is -2.33. The van der Waals surface area contributed by atoms with Crippen LogP contribution in [0.1, 0.15) is 12.0 Å². The summed E-state index contributed by atoms with van der Waals surface area (Å²) in [6.45, 7) is 0.687. The maximum absolute atomic E-state index is 11.5. The Bertz CT molecular complexity index is 432. The van der Waals surface area contributed by atoms with Crippen LogP contribution in [0.15, 0.2) is 30.3 Å². The number of benzene rings is 1. The summed E-state index contributed by atoms with van der Waals surface area (Å²) in [6, 6.07) is 8.86. The van der Waals surface area contributed by atoms with Gasteiger partial charge in [-0.25, -0.2) is 4.79 Å². The molecule has 5 heteroatoms. The van der Waals surface area contributed by atoms with E-state index in [1.807, 2.05) is 30.3 Å². The van der Waals surface area contributed by atoms with Crippen LogP contribution in [0.2, 0.25) is 0 Å². The third-order valence-electron chi connectivity index (χ3n) is 2.94. The average molecular weight is 249 g/mol. The molecule has 0 spiro atoms. The van der Waals surface area contributed by atoms with E-state index in [0.29, 0.717) is 13.0 Å². The Morgan fingerprint density at radius 3 is 2.72 bits per heavy atom. The summed E-state index contributed by atoms with van der Waals surface area (Å²) in [6.07, 6.45) is 0.295. The van der Waals surface area contributed by atoms with Crippen molar-refractivity contribution in [1.29, 1.82) is 0 Å². The molecule has 0 unspecified atom stereocenters. The second-order valence-corrected chi connectivity index (χ2v) is 4.33. The van der Waals surface area contributed by atoms with Crippen LogP contribution in [0.25, 0.3) is 0 Å². The van der Waals surface area contributed by atoms with Crippen molar-refractivity contribution in [2.24, 2.45) is 5.92 Å². The monoisotopic (exact) mass is 249 g/mol. The Morgan fingerprint density at radius 2 is 2.11 bits per heavy atom. The van der Waals surface area contributed by atoms with Gasteiger partial charge in [0.15, 0.2) is 0 Å². The molecule has 0 aliphatic carbocycles. The fraction of sp³-hybridized carbons (Fsp3) is 0.385. The van der Waals surface area contributed by atoms with Crippen molar-refractivity contribution in [2.45, 2.75) is 19.1 Å². The highest BCUT2D eigenvalue weighted by atomic mass is 16.5. The predicted molar refractivity (Wildman–Crippen MR) is 63.8 cm³/mol. The third-order valence-corrected chi connectivity index (χ3v) is 2.94. The summed E-state index contributed by atoms with van der Waals surface area (Å²) >= 11 is 0. The van der Waals surface area contributed by atoms with Gasteiger partial charge in [-0.2, -0.15) is 0 Å². The van der Waals surface area contributed by atoms with Crippen LogP contribution in [-0.2, 0) is 20.9 Å². The lowest BCUT2D eigenvalue weighted by atomic mass is 10.1. The Hall–Kier alpha value is -1.88. The predicted octanol–water partition coefficient (Wildman–Crippen LogP) is 0.792. The van der Waals surface area contributed by atoms with Crippen molar-refractivity contribution in [3.05, 3.63) is 35.9 Å². The normalized spacial score (nSPS) is 22.8. The van der Waals surface area contributed by atoms with Crippen LogP contribution in [0.4, 0.5) is 0 Å². The first-order valence-corrected chi connectivity index (χ1v) is 5.81. The molecular weight excluding hydrogens is 234 g/mol. The molecule has 1 aliphatic rings. The maximum Gasteiger partial charge on any atom is 0.326 e. The number of nitrogens with one attached hydrogen (secondary N) is 1. The van der Waals surface area contributed by atoms with Gasteiger partial charge in [-0.05, 0) is 12.0 Å². The molecule has 0 radical (unpaired) electrons. The number of amides is 1. The Morgan fingerprint density at radius 1 is 1.39 bits per heavy atom. The maximum atomic E-state index is 11.5. The average Bonchev–Trinajstić information content (AvgIpc) is 2.73. The van der Waals surface area contributed by atoms with Crippen LogP contribution in [-0.4, -0.2) is 29.6 Å². The molecule has 1 aliphatic heterocycles. The number of carbonyl (C=O) groups is 2. The molecule has 0 bridgehead atoms. The second-order valence-electron chi connectivity index (χ2n) is 4.33. The number of carbonyl (C=O) groups excluding carboxylic acids is 1. The van der Waals surface area contributed by atoms with Crippen molar-refractivity contribution in [3.8, 4) is 0 Å². The number of hydrogen-bond donors (Lipinski definition) is 2. The summed E-state index contributed by atoms with van der Waals surface area (Å²) in [7, 11) is 0. The smallest absolute Gasteiger partial charge is 0.326 e. The standard InChI is InChI=1S/C13H15NO4/c15-12-10(6-11(14-12)13(16)17)8-18-7-9-4-2-1-3-5-9/h1-5,10-11H,6-8H2,(H,14,15)(H,16,17)/t10-,11+/m1/s1. The molecule has 18 heavy (non-hydrogen) atoms. The van der Waals surface area contributed by atoms with Crippen LogP contribution in [0, 0.1) is 5.92 Å². The van der Waals surface area contributed by atoms with Crippen LogP contribution >= 0.6 is 0 Å². The SMILES string of the molecule is O=C1N[C@H](C(=O)O)C[C@@H]1COCc1ccccc1. The first-order chi connectivity index (χ1) is 8.66. The lowest BCUT2D eigenvalue weighted by molar-refractivity contribution is -0.140. The van der Waals surface area contributed by atoms with Crippen LogP contribution in [0.5, 0.6) is 0 Å². The van der Waals surface area contributed by atoms with E-state index in [2.05, 4.69) is 5.32 Å². The van der Waals surface area contributed by atoms with E-state index in [9.17, 15) is 9.59 Å². The molecule has 1 heterocycles. The highest BCUT2D eigenvalue weighted by Gasteiger charge is 2.35. The zero-order valence-corrected chi connectivity index (χ0v) is 9.83. The van der Waals surface area contributed by atoms with Gasteiger partial charge in [-0.3, -0.25) is 4.79 Å². The number of ether oxygens (including phenoxy) is 1. The lowest BCUT2D eigenvalue weighted by Gasteiger charge is -2.08. The molecule has 1 saturated heterocycles. The second kappa shape index (κ2) is 5.64. The van der Waals surface area contributed by atoms with Crippen molar-refractivity contribution in [2.75, 3.05) is 6.61 Å². The Labute approximate surface area is 105 Å². The van der Waals surface area contributed by atoms with Gasteiger partial charge in [-0.1, -0.05) is 30.3 Å². The summed E-state index contributed by atoms with van der Waals surface area (Å²) in [5.74, 6) is -1.60. The quantitative estimate of drug-likeness (QED) is 0.809. The Balaban J connectivity index is 1.78. The molecule has 1 amide bonds. The number of aliphatic carboxylic acids is 1. The van der Waals surface area contributed by atoms with Gasteiger partial charge in [0.25, 0.3) is 0 Å². The molecule has 0 aromatic heterocycles. The van der Waals surface area contributed by atoms with Crippen molar-refractivity contribution >= 4 is 11.9 Å². The first-order valence-electron chi connectivity index (χ1n) is 5.81. The number of rotatable bonds is 5. The van der Waals surface area contributed by atoms with E-state index in [0.717, 1.165) is 5.56 Å². The van der Waals surface area contributed by atoms with E-state index in [1.54, 1.807) is 0 Å². The van der Waals surface area contributed by atoms with Gasteiger partial charge in [0.1, 0.15) is 6.04 Å². The highest BCUT2D eigenvalue weighted by molar-refractivity contribution is 5.88. The molecule has 5 nitrogen and oxygen atoms in total. The van der Waals surface area contributed by atoms with E-state index in [-0.39, 0.29) is 18.4 Å². The van der Waals surface area contributed by atoms with Gasteiger partial charge in [0.05, 0.1) is 19.1 Å². The van der Waals surface area contributed by atoms with Gasteiger partial charge in [0.2, 0.25) is 5.91 Å². The van der Waals surface area contributed by atoms with Crippen LogP contribution < -0.4 is 5.32 Å². The van der Waals surface area contributed by atoms with Gasteiger partial charge in [-0.15, -0.1) is 0 Å². The molecule has 0 saturated carbocycles. The largest absolute Gasteiger partial charge is 0.480 e. The van der Waals surface area contributed by atoms with Crippen molar-refractivity contribution in [3.63, 3.8) is 0 Å². The van der Waals surface area contributed by atoms with E-state index >= 15 is 0 Å². The van der Waals surface area contributed by atoms with Crippen molar-refractivity contribution in [1.82, 2.24) is 5.32 Å². The third kappa shape index (κ3) is 3.07. The summed E-state index contributed by atoms with van der Waals surface area (Å²) in [5.41, 5.74) is 1.03. The number of carboxylic acid groups (broad SMARTS) is 1. The van der Waals surface area contributed by atoms with E-state index in [1.165, 1.54) is 0 Å². The van der Waals surface area contributed by atoms with E-state index < -0.39 is 12.0 Å². The molecular formula is C13H15NO4. The topological polar surface area (TPSA) is 75.6 Å². The minimum absolute atomic E-state index is 0.240. The molecule has 2 rings (SSSR count). The van der Waals surface area contributed by atoms with Gasteiger partial charge in [0, 0.05) is 0 Å². The highest BCUT2D eigenvalue weighted by Crippen LogP contribution is 2.16. The summed E-state index contributed by atoms with van der Waals surface area (Å²) < 4.78 is 5.45. The van der Waals surface area contributed by atoms with Gasteiger partial charge < -0.3 is 15.2 Å². The molecule has 1 fully saturated rings. The van der Waals surface area contributed by atoms with Crippen molar-refractivity contribution < 1.29 is 19.4 Å². The van der Waals surface area contributed by atoms with Gasteiger partial charge >= 0.3 is 5.97 Å². The zero-order valence-electron chi connectivity index (χ0n) is 9.83. The van der Waals surface area contributed by atoms with Crippen LogP contribution in [0.3, 0.4) is 0 Å². The fourth-order valence-corrected chi connectivity index (χ4v) is 1.94. The molecule has 2 N–H and O–H groups in total. The fourth-order valence-electron chi connectivity index (χ4n) is 1.94.